The van der Waals surface area contributed by atoms with Crippen LogP contribution < -0.4 is 4.90 Å². The molecule has 0 saturated heterocycles. The third kappa shape index (κ3) is 2.85. The van der Waals surface area contributed by atoms with Crippen molar-refractivity contribution in [2.75, 3.05) is 23.0 Å². The maximum absolute atomic E-state index is 12.1. The van der Waals surface area contributed by atoms with Crippen LogP contribution in [-0.2, 0) is 14.6 Å². The molecule has 0 aliphatic carbocycles. The van der Waals surface area contributed by atoms with Crippen molar-refractivity contribution in [3.05, 3.63) is 28.8 Å². The van der Waals surface area contributed by atoms with Gasteiger partial charge in [-0.15, -0.1) is 0 Å². The summed E-state index contributed by atoms with van der Waals surface area (Å²) in [6.45, 7) is 5.64. The average Bonchev–Trinajstić information content (AvgIpc) is 2.68. The Kier molecular flexibility index (Phi) is 4.18. The number of Topliss-reactive ketones (excluding diaryl/α,β-unsaturated/α-hetero) is 1. The molecular weight excluding hydrogens is 290 g/mol. The van der Waals surface area contributed by atoms with Crippen LogP contribution >= 0.6 is 0 Å². The number of aryl methyl sites for hydroxylation is 1. The van der Waals surface area contributed by atoms with Crippen LogP contribution in [0.1, 0.15) is 34.8 Å². The number of fused-ring (bicyclic) bond motifs is 1. The maximum atomic E-state index is 12.1. The third-order valence-electron chi connectivity index (χ3n) is 3.93. The van der Waals surface area contributed by atoms with Crippen LogP contribution in [0.5, 0.6) is 0 Å². The number of nitrogens with zero attached hydrogens (tertiary/aromatic N) is 1. The highest BCUT2D eigenvalue weighted by molar-refractivity contribution is 7.91. The molecule has 2 rings (SSSR count). The van der Waals surface area contributed by atoms with E-state index >= 15 is 0 Å². The van der Waals surface area contributed by atoms with Crippen molar-refractivity contribution in [2.45, 2.75) is 27.2 Å². The lowest BCUT2D eigenvalue weighted by atomic mass is 10.0. The van der Waals surface area contributed by atoms with Crippen LogP contribution in [0, 0.1) is 13.8 Å². The maximum Gasteiger partial charge on any atom is 0.299 e. The summed E-state index contributed by atoms with van der Waals surface area (Å²) in [4.78, 5) is 25.5. The van der Waals surface area contributed by atoms with Crippen molar-refractivity contribution in [2.24, 2.45) is 0 Å². The molecule has 1 aliphatic rings. The van der Waals surface area contributed by atoms with Gasteiger partial charge < -0.3 is 4.90 Å². The van der Waals surface area contributed by atoms with E-state index in [1.165, 1.54) is 4.90 Å². The van der Waals surface area contributed by atoms with Gasteiger partial charge in [0.25, 0.3) is 11.7 Å². The van der Waals surface area contributed by atoms with Gasteiger partial charge in [-0.05, 0) is 37.5 Å². The molecule has 0 fully saturated rings. The number of hydrogen-bond acceptors (Lipinski definition) is 4. The van der Waals surface area contributed by atoms with Gasteiger partial charge in [-0.3, -0.25) is 9.59 Å². The Bertz CT molecular complexity index is 707. The van der Waals surface area contributed by atoms with Crippen LogP contribution in [0.3, 0.4) is 0 Å². The van der Waals surface area contributed by atoms with Crippen molar-refractivity contribution >= 4 is 27.2 Å². The molecule has 114 valence electrons. The molecule has 0 saturated carbocycles. The third-order valence-corrected chi connectivity index (χ3v) is 5.72. The SMILES string of the molecule is CCS(=O)(=O)CCCN1C(=O)C(=O)c2ccc(C)c(C)c21. The van der Waals surface area contributed by atoms with E-state index in [1.54, 1.807) is 13.0 Å². The monoisotopic (exact) mass is 309 g/mol. The van der Waals surface area contributed by atoms with Crippen LogP contribution in [0.4, 0.5) is 5.69 Å². The molecule has 0 atom stereocenters. The van der Waals surface area contributed by atoms with E-state index in [2.05, 4.69) is 0 Å². The van der Waals surface area contributed by atoms with E-state index < -0.39 is 21.5 Å². The van der Waals surface area contributed by atoms with Gasteiger partial charge in [-0.1, -0.05) is 13.0 Å². The first-order valence-corrected chi connectivity index (χ1v) is 8.77. The Morgan fingerprint density at radius 1 is 1.14 bits per heavy atom. The van der Waals surface area contributed by atoms with E-state index in [0.29, 0.717) is 17.7 Å². The second-order valence-corrected chi connectivity index (χ2v) is 7.75. The van der Waals surface area contributed by atoms with Crippen molar-refractivity contribution < 1.29 is 18.0 Å². The van der Waals surface area contributed by atoms with Crippen LogP contribution in [0.2, 0.25) is 0 Å². The molecule has 1 amide bonds. The predicted octanol–water partition coefficient (Wildman–Crippen LogP) is 1.66. The summed E-state index contributed by atoms with van der Waals surface area (Å²) in [6.07, 6.45) is 0.335. The molecule has 0 spiro atoms. The fraction of sp³-hybridized carbons (Fsp3) is 0.467. The van der Waals surface area contributed by atoms with Gasteiger partial charge in [0.2, 0.25) is 0 Å². The summed E-state index contributed by atoms with van der Waals surface area (Å²) < 4.78 is 23.0. The first kappa shape index (κ1) is 15.7. The Morgan fingerprint density at radius 3 is 2.43 bits per heavy atom. The minimum absolute atomic E-state index is 0.0294. The lowest BCUT2D eigenvalue weighted by Gasteiger charge is -2.19. The second kappa shape index (κ2) is 5.60. The largest absolute Gasteiger partial charge is 0.304 e. The zero-order valence-corrected chi connectivity index (χ0v) is 13.3. The number of benzene rings is 1. The number of hydrogen-bond donors (Lipinski definition) is 0. The quantitative estimate of drug-likeness (QED) is 0.776. The van der Waals surface area contributed by atoms with Crippen molar-refractivity contribution in [1.29, 1.82) is 0 Å². The van der Waals surface area contributed by atoms with Gasteiger partial charge in [0.05, 0.1) is 17.0 Å². The van der Waals surface area contributed by atoms with Crippen LogP contribution in [0.15, 0.2) is 12.1 Å². The molecule has 6 heteroatoms. The van der Waals surface area contributed by atoms with Crippen LogP contribution in [-0.4, -0.2) is 38.2 Å². The molecule has 5 nitrogen and oxygen atoms in total. The van der Waals surface area contributed by atoms with Crippen molar-refractivity contribution in [3.8, 4) is 0 Å². The summed E-state index contributed by atoms with van der Waals surface area (Å²) in [7, 11) is -3.06. The van der Waals surface area contributed by atoms with Crippen LogP contribution in [0.25, 0.3) is 0 Å². The van der Waals surface area contributed by atoms with Gasteiger partial charge in [0.15, 0.2) is 0 Å². The summed E-state index contributed by atoms with van der Waals surface area (Å²) in [6, 6.07) is 3.49. The number of carbonyl (C=O) groups is 2. The molecule has 0 aromatic heterocycles. The van der Waals surface area contributed by atoms with Gasteiger partial charge in [-0.2, -0.15) is 0 Å². The number of sulfone groups is 1. The van der Waals surface area contributed by atoms with Crippen molar-refractivity contribution in [3.63, 3.8) is 0 Å². The zero-order valence-electron chi connectivity index (χ0n) is 12.5. The normalized spacial score (nSPS) is 14.7. The minimum Gasteiger partial charge on any atom is -0.304 e. The average molecular weight is 309 g/mol. The summed E-state index contributed by atoms with van der Waals surface area (Å²) in [5, 5.41) is 0. The highest BCUT2D eigenvalue weighted by Crippen LogP contribution is 2.34. The predicted molar refractivity (Wildman–Crippen MR) is 81.5 cm³/mol. The zero-order chi connectivity index (χ0) is 15.8. The van der Waals surface area contributed by atoms with Crippen molar-refractivity contribution in [1.82, 2.24) is 0 Å². The second-order valence-electron chi connectivity index (χ2n) is 5.28. The molecule has 1 aromatic rings. The smallest absolute Gasteiger partial charge is 0.299 e. The fourth-order valence-electron chi connectivity index (χ4n) is 2.47. The number of ketones is 1. The summed E-state index contributed by atoms with van der Waals surface area (Å²) >= 11 is 0. The molecule has 0 unspecified atom stereocenters. The minimum atomic E-state index is -3.06. The summed E-state index contributed by atoms with van der Waals surface area (Å²) in [5.74, 6) is -0.949. The molecule has 0 bridgehead atoms. The van der Waals surface area contributed by atoms with Gasteiger partial charge in [0.1, 0.15) is 9.84 Å². The molecule has 1 aromatic carbocycles. The Balaban J connectivity index is 2.25. The van der Waals surface area contributed by atoms with Gasteiger partial charge >= 0.3 is 0 Å². The van der Waals surface area contributed by atoms with Gasteiger partial charge in [-0.25, -0.2) is 8.42 Å². The van der Waals surface area contributed by atoms with E-state index in [0.717, 1.165) is 11.1 Å². The first-order chi connectivity index (χ1) is 9.78. The number of rotatable bonds is 5. The van der Waals surface area contributed by atoms with E-state index in [1.807, 2.05) is 19.9 Å². The van der Waals surface area contributed by atoms with E-state index in [9.17, 15) is 18.0 Å². The number of amides is 1. The molecule has 0 radical (unpaired) electrons. The Morgan fingerprint density at radius 2 is 1.81 bits per heavy atom. The Hall–Kier alpha value is -1.69. The Labute approximate surface area is 124 Å². The molecule has 21 heavy (non-hydrogen) atoms. The number of carbonyl (C=O) groups excluding carboxylic acids is 2. The summed E-state index contributed by atoms with van der Waals surface area (Å²) in [5.41, 5.74) is 2.95. The highest BCUT2D eigenvalue weighted by atomic mass is 32.2. The lowest BCUT2D eigenvalue weighted by molar-refractivity contribution is -0.114. The van der Waals surface area contributed by atoms with E-state index in [4.69, 9.17) is 0 Å². The van der Waals surface area contributed by atoms with Gasteiger partial charge in [0, 0.05) is 12.3 Å². The highest BCUT2D eigenvalue weighted by Gasteiger charge is 2.36. The first-order valence-electron chi connectivity index (χ1n) is 6.95. The molecule has 1 aliphatic heterocycles. The fourth-order valence-corrected chi connectivity index (χ4v) is 3.33. The standard InChI is InChI=1S/C15H19NO4S/c1-4-21(19,20)9-5-8-16-13-11(3)10(2)6-7-12(13)14(17)15(16)18/h6-7H,4-5,8-9H2,1-3H3. The molecule has 1 heterocycles. The molecule has 0 N–H and O–H groups in total. The number of anilines is 1. The molecular formula is C15H19NO4S. The topological polar surface area (TPSA) is 71.5 Å². The van der Waals surface area contributed by atoms with E-state index in [-0.39, 0.29) is 18.1 Å². The lowest BCUT2D eigenvalue weighted by Crippen LogP contribution is -2.32.